The Morgan fingerprint density at radius 1 is 1.78 bits per heavy atom. The molecular weight excluding hydrogens is 114 g/mol. The Bertz CT molecular complexity index is 189. The summed E-state index contributed by atoms with van der Waals surface area (Å²) in [7, 11) is 0. The molecule has 0 amide bonds. The smallest absolute Gasteiger partial charge is 0.0977 e. The minimum atomic E-state index is 0.486. The largest absolute Gasteiger partial charge is 0.472 e. The van der Waals surface area contributed by atoms with E-state index < -0.39 is 0 Å². The van der Waals surface area contributed by atoms with Crippen LogP contribution in [0, 0.1) is 0 Å². The molecule has 1 heterocycles. The highest BCUT2D eigenvalue weighted by atomic mass is 16.3. The Kier molecular flexibility index (Phi) is 1.70. The first-order valence-electron chi connectivity index (χ1n) is 2.75. The summed E-state index contributed by atoms with van der Waals surface area (Å²) in [4.78, 5) is 0. The molecule has 2 heteroatoms. The first-order valence-corrected chi connectivity index (χ1v) is 2.75. The molecule has 0 saturated carbocycles. The van der Waals surface area contributed by atoms with Gasteiger partial charge < -0.3 is 10.2 Å². The number of rotatable bonds is 2. The monoisotopic (exact) mass is 123 g/mol. The molecule has 9 heavy (non-hydrogen) atoms. The molecule has 2 N–H and O–H groups in total. The fourth-order valence-electron chi connectivity index (χ4n) is 0.583. The third kappa shape index (κ3) is 1.21. The van der Waals surface area contributed by atoms with E-state index in [2.05, 4.69) is 6.58 Å². The molecule has 0 bridgehead atoms. The van der Waals surface area contributed by atoms with Gasteiger partial charge in [-0.05, 0) is 11.6 Å². The van der Waals surface area contributed by atoms with Crippen molar-refractivity contribution in [1.82, 2.24) is 0 Å². The summed E-state index contributed by atoms with van der Waals surface area (Å²) in [5.74, 6) is 0. The van der Waals surface area contributed by atoms with Gasteiger partial charge in [-0.3, -0.25) is 0 Å². The predicted molar refractivity (Wildman–Crippen MR) is 36.8 cm³/mol. The molecule has 1 aromatic heterocycles. The Labute approximate surface area is 54.0 Å². The minimum Gasteiger partial charge on any atom is -0.472 e. The standard InChI is InChI=1S/C7H9NO/c1-6(4-8)7-2-3-9-5-7/h2-3,5H,1,4,8H2. The Morgan fingerprint density at radius 2 is 2.56 bits per heavy atom. The van der Waals surface area contributed by atoms with Gasteiger partial charge in [0.2, 0.25) is 0 Å². The Balaban J connectivity index is 2.77. The minimum absolute atomic E-state index is 0.486. The van der Waals surface area contributed by atoms with Crippen molar-refractivity contribution < 1.29 is 4.42 Å². The number of furan rings is 1. The van der Waals surface area contributed by atoms with E-state index in [0.29, 0.717) is 6.54 Å². The van der Waals surface area contributed by atoms with Gasteiger partial charge >= 0.3 is 0 Å². The van der Waals surface area contributed by atoms with Gasteiger partial charge in [0.05, 0.1) is 12.5 Å². The molecule has 0 aliphatic rings. The van der Waals surface area contributed by atoms with Gasteiger partial charge in [-0.25, -0.2) is 0 Å². The molecule has 0 unspecified atom stereocenters. The van der Waals surface area contributed by atoms with Crippen LogP contribution in [-0.2, 0) is 0 Å². The lowest BCUT2D eigenvalue weighted by Gasteiger charge is -1.93. The van der Waals surface area contributed by atoms with Crippen LogP contribution in [0.15, 0.2) is 29.6 Å². The molecule has 1 aromatic rings. The van der Waals surface area contributed by atoms with Crippen LogP contribution in [-0.4, -0.2) is 6.54 Å². The molecule has 0 aromatic carbocycles. The molecule has 0 aliphatic heterocycles. The van der Waals surface area contributed by atoms with Crippen LogP contribution in [0.1, 0.15) is 5.56 Å². The van der Waals surface area contributed by atoms with Crippen molar-refractivity contribution in [2.75, 3.05) is 6.54 Å². The molecule has 48 valence electrons. The van der Waals surface area contributed by atoms with E-state index >= 15 is 0 Å². The lowest BCUT2D eigenvalue weighted by Crippen LogP contribution is -1.99. The number of nitrogens with two attached hydrogens (primary N) is 1. The van der Waals surface area contributed by atoms with E-state index in [-0.39, 0.29) is 0 Å². The zero-order valence-electron chi connectivity index (χ0n) is 5.13. The van der Waals surface area contributed by atoms with Gasteiger partial charge in [-0.1, -0.05) is 6.58 Å². The molecule has 0 spiro atoms. The highest BCUT2D eigenvalue weighted by Crippen LogP contribution is 2.09. The van der Waals surface area contributed by atoms with E-state index in [1.54, 1.807) is 12.5 Å². The fourth-order valence-corrected chi connectivity index (χ4v) is 0.583. The number of hydrogen-bond donors (Lipinski definition) is 1. The van der Waals surface area contributed by atoms with Crippen molar-refractivity contribution in [2.45, 2.75) is 0 Å². The van der Waals surface area contributed by atoms with E-state index in [1.165, 1.54) is 0 Å². The summed E-state index contributed by atoms with van der Waals surface area (Å²) >= 11 is 0. The highest BCUT2D eigenvalue weighted by molar-refractivity contribution is 5.63. The average Bonchev–Trinajstić information content (AvgIpc) is 2.37. The van der Waals surface area contributed by atoms with Crippen molar-refractivity contribution in [3.8, 4) is 0 Å². The topological polar surface area (TPSA) is 39.2 Å². The molecule has 0 aliphatic carbocycles. The lowest BCUT2D eigenvalue weighted by molar-refractivity contribution is 0.566. The van der Waals surface area contributed by atoms with Gasteiger partial charge in [-0.15, -0.1) is 0 Å². The maximum absolute atomic E-state index is 5.32. The van der Waals surface area contributed by atoms with Gasteiger partial charge in [0, 0.05) is 12.1 Å². The second kappa shape index (κ2) is 2.51. The Morgan fingerprint density at radius 3 is 3.00 bits per heavy atom. The van der Waals surface area contributed by atoms with Crippen LogP contribution in [0.2, 0.25) is 0 Å². The summed E-state index contributed by atoms with van der Waals surface area (Å²) in [6, 6.07) is 1.84. The fraction of sp³-hybridized carbons (Fsp3) is 0.143. The first-order chi connectivity index (χ1) is 4.34. The molecule has 0 atom stereocenters. The van der Waals surface area contributed by atoms with Crippen LogP contribution in [0.25, 0.3) is 5.57 Å². The summed E-state index contributed by atoms with van der Waals surface area (Å²) in [6.45, 7) is 4.22. The quantitative estimate of drug-likeness (QED) is 0.642. The van der Waals surface area contributed by atoms with Crippen molar-refractivity contribution >= 4 is 5.57 Å². The van der Waals surface area contributed by atoms with E-state index in [0.717, 1.165) is 11.1 Å². The normalized spacial score (nSPS) is 9.44. The third-order valence-electron chi connectivity index (χ3n) is 1.18. The molecule has 0 radical (unpaired) electrons. The van der Waals surface area contributed by atoms with Gasteiger partial charge in [-0.2, -0.15) is 0 Å². The van der Waals surface area contributed by atoms with Crippen LogP contribution in [0.5, 0.6) is 0 Å². The molecule has 0 saturated heterocycles. The van der Waals surface area contributed by atoms with E-state index in [1.807, 2.05) is 6.07 Å². The van der Waals surface area contributed by atoms with Gasteiger partial charge in [0.25, 0.3) is 0 Å². The van der Waals surface area contributed by atoms with Crippen LogP contribution in [0.4, 0.5) is 0 Å². The van der Waals surface area contributed by atoms with Crippen molar-refractivity contribution in [1.29, 1.82) is 0 Å². The molecule has 0 fully saturated rings. The predicted octanol–water partition coefficient (Wildman–Crippen LogP) is 1.25. The molecule has 1 rings (SSSR count). The van der Waals surface area contributed by atoms with Crippen LogP contribution in [0.3, 0.4) is 0 Å². The van der Waals surface area contributed by atoms with E-state index in [9.17, 15) is 0 Å². The van der Waals surface area contributed by atoms with Crippen molar-refractivity contribution in [2.24, 2.45) is 5.73 Å². The van der Waals surface area contributed by atoms with Crippen LogP contribution >= 0.6 is 0 Å². The summed E-state index contributed by atoms with van der Waals surface area (Å²) < 4.78 is 4.82. The summed E-state index contributed by atoms with van der Waals surface area (Å²) in [5.41, 5.74) is 7.21. The first kappa shape index (κ1) is 6.11. The SMILES string of the molecule is C=C(CN)c1ccoc1. The zero-order valence-corrected chi connectivity index (χ0v) is 5.13. The summed E-state index contributed by atoms with van der Waals surface area (Å²) in [5, 5.41) is 0. The van der Waals surface area contributed by atoms with Gasteiger partial charge in [0.1, 0.15) is 0 Å². The highest BCUT2D eigenvalue weighted by Gasteiger charge is 1.94. The van der Waals surface area contributed by atoms with E-state index in [4.69, 9.17) is 10.2 Å². The third-order valence-corrected chi connectivity index (χ3v) is 1.18. The second-order valence-electron chi connectivity index (χ2n) is 1.82. The maximum Gasteiger partial charge on any atom is 0.0977 e. The second-order valence-corrected chi connectivity index (χ2v) is 1.82. The average molecular weight is 123 g/mol. The summed E-state index contributed by atoms with van der Waals surface area (Å²) in [6.07, 6.45) is 3.24. The van der Waals surface area contributed by atoms with Crippen molar-refractivity contribution in [3.05, 3.63) is 30.7 Å². The van der Waals surface area contributed by atoms with Crippen molar-refractivity contribution in [3.63, 3.8) is 0 Å². The zero-order chi connectivity index (χ0) is 6.69. The van der Waals surface area contributed by atoms with Gasteiger partial charge in [0.15, 0.2) is 0 Å². The Hall–Kier alpha value is -1.02. The maximum atomic E-state index is 5.32. The lowest BCUT2D eigenvalue weighted by atomic mass is 10.2. The molecular formula is C7H9NO. The van der Waals surface area contributed by atoms with Crippen LogP contribution < -0.4 is 5.73 Å². The number of hydrogen-bond acceptors (Lipinski definition) is 2. The molecule has 2 nitrogen and oxygen atoms in total.